The fourth-order valence-electron chi connectivity index (χ4n) is 0.450. The van der Waals surface area contributed by atoms with Crippen LogP contribution in [-0.2, 0) is 0 Å². The zero-order chi connectivity index (χ0) is 5.33. The van der Waals surface area contributed by atoms with Gasteiger partial charge in [-0.25, -0.2) is 0 Å². The molecule has 38 valence electrons. The maximum atomic E-state index is 5.54. The van der Waals surface area contributed by atoms with E-state index in [4.69, 9.17) is 5.73 Å². The van der Waals surface area contributed by atoms with E-state index in [9.17, 15) is 0 Å². The van der Waals surface area contributed by atoms with E-state index in [1.807, 2.05) is 13.0 Å². The zero-order valence-electron chi connectivity index (χ0n) is 4.26. The summed E-state index contributed by atoms with van der Waals surface area (Å²) < 4.78 is 0. The minimum absolute atomic E-state index is 0.278. The van der Waals surface area contributed by atoms with Crippen molar-refractivity contribution in [2.45, 2.75) is 12.5 Å². The first kappa shape index (κ1) is 4.53. The Bertz CT molecular complexity index is 108. The van der Waals surface area contributed by atoms with Crippen LogP contribution < -0.4 is 5.73 Å². The second-order valence-corrected chi connectivity index (χ2v) is 1.96. The first-order chi connectivity index (χ1) is 3.21. The summed E-state index contributed by atoms with van der Waals surface area (Å²) in [7, 11) is 0. The fraction of sp³-hybridized carbons (Fsp3) is 0.400. The van der Waals surface area contributed by atoms with Crippen LogP contribution in [0.1, 0.15) is 6.92 Å². The van der Waals surface area contributed by atoms with E-state index < -0.39 is 0 Å². The standard InChI is InChI=1S/C5H8N2/c1-5(6)2-3-7-4-5/h2-4H,6H2,1H3/t5-/m0/s1. The maximum absolute atomic E-state index is 5.54. The minimum atomic E-state index is -0.278. The molecule has 1 heterocycles. The first-order valence-corrected chi connectivity index (χ1v) is 2.22. The topological polar surface area (TPSA) is 38.4 Å². The summed E-state index contributed by atoms with van der Waals surface area (Å²) in [6.45, 7) is 1.90. The van der Waals surface area contributed by atoms with Gasteiger partial charge >= 0.3 is 0 Å². The monoisotopic (exact) mass is 96.1 g/mol. The van der Waals surface area contributed by atoms with E-state index in [0.717, 1.165) is 0 Å². The first-order valence-electron chi connectivity index (χ1n) is 2.22. The Morgan fingerprint density at radius 1 is 1.71 bits per heavy atom. The Kier molecular flexibility index (Phi) is 0.755. The Labute approximate surface area is 42.7 Å². The van der Waals surface area contributed by atoms with Crippen LogP contribution in [0.5, 0.6) is 0 Å². The van der Waals surface area contributed by atoms with Crippen molar-refractivity contribution in [2.75, 3.05) is 0 Å². The lowest BCUT2D eigenvalue weighted by atomic mass is 10.1. The highest BCUT2D eigenvalue weighted by Gasteiger charge is 2.12. The third-order valence-corrected chi connectivity index (χ3v) is 0.872. The van der Waals surface area contributed by atoms with Gasteiger partial charge in [-0.1, -0.05) is 0 Å². The molecule has 0 bridgehead atoms. The molecule has 1 atom stereocenters. The summed E-state index contributed by atoms with van der Waals surface area (Å²) in [5.41, 5.74) is 5.26. The molecule has 0 aliphatic carbocycles. The van der Waals surface area contributed by atoms with Crippen molar-refractivity contribution in [1.29, 1.82) is 0 Å². The van der Waals surface area contributed by atoms with Gasteiger partial charge in [-0.2, -0.15) is 0 Å². The van der Waals surface area contributed by atoms with Crippen molar-refractivity contribution in [1.82, 2.24) is 0 Å². The number of hydrogen-bond donors (Lipinski definition) is 1. The largest absolute Gasteiger partial charge is 0.318 e. The van der Waals surface area contributed by atoms with Crippen LogP contribution >= 0.6 is 0 Å². The normalized spacial score (nSPS) is 37.4. The van der Waals surface area contributed by atoms with Crippen molar-refractivity contribution in [3.8, 4) is 0 Å². The minimum Gasteiger partial charge on any atom is -0.318 e. The molecule has 0 amide bonds. The van der Waals surface area contributed by atoms with Crippen LogP contribution in [-0.4, -0.2) is 11.8 Å². The average molecular weight is 96.1 g/mol. The van der Waals surface area contributed by atoms with Gasteiger partial charge in [-0.15, -0.1) is 0 Å². The second kappa shape index (κ2) is 1.17. The molecule has 7 heavy (non-hydrogen) atoms. The molecule has 0 aromatic carbocycles. The third-order valence-electron chi connectivity index (χ3n) is 0.872. The van der Waals surface area contributed by atoms with Crippen LogP contribution in [0, 0.1) is 0 Å². The van der Waals surface area contributed by atoms with Crippen molar-refractivity contribution >= 4 is 6.21 Å². The molecule has 2 nitrogen and oxygen atoms in total. The van der Waals surface area contributed by atoms with E-state index in [0.29, 0.717) is 0 Å². The average Bonchev–Trinajstić information content (AvgIpc) is 1.84. The number of rotatable bonds is 0. The van der Waals surface area contributed by atoms with Gasteiger partial charge in [0.2, 0.25) is 0 Å². The summed E-state index contributed by atoms with van der Waals surface area (Å²) in [5, 5.41) is 0. The molecule has 1 rings (SSSR count). The Morgan fingerprint density at radius 3 is 2.57 bits per heavy atom. The van der Waals surface area contributed by atoms with Gasteiger partial charge in [-0.05, 0) is 13.0 Å². The molecule has 0 aromatic rings. The van der Waals surface area contributed by atoms with E-state index in [1.165, 1.54) is 0 Å². The lowest BCUT2D eigenvalue weighted by Gasteiger charge is -2.06. The predicted octanol–water partition coefficient (Wildman–Crippen LogP) is 0.302. The van der Waals surface area contributed by atoms with Gasteiger partial charge in [0, 0.05) is 12.4 Å². The van der Waals surface area contributed by atoms with Gasteiger partial charge in [0.25, 0.3) is 0 Å². The molecule has 1 aliphatic rings. The van der Waals surface area contributed by atoms with E-state index >= 15 is 0 Å². The highest BCUT2D eigenvalue weighted by atomic mass is 14.8. The van der Waals surface area contributed by atoms with Gasteiger partial charge in [0.1, 0.15) is 0 Å². The number of nitrogens with zero attached hydrogens (tertiary/aromatic N) is 1. The van der Waals surface area contributed by atoms with Crippen molar-refractivity contribution in [2.24, 2.45) is 10.7 Å². The molecule has 2 N–H and O–H groups in total. The van der Waals surface area contributed by atoms with Crippen LogP contribution in [0.15, 0.2) is 17.3 Å². The lowest BCUT2D eigenvalue weighted by molar-refractivity contribution is 0.812. The number of aliphatic imine (C=N–C) groups is 1. The lowest BCUT2D eigenvalue weighted by Crippen LogP contribution is -2.33. The highest BCUT2D eigenvalue weighted by Crippen LogP contribution is 2.02. The van der Waals surface area contributed by atoms with Crippen molar-refractivity contribution in [3.63, 3.8) is 0 Å². The number of hydrogen-bond acceptors (Lipinski definition) is 2. The van der Waals surface area contributed by atoms with E-state index in [2.05, 4.69) is 4.99 Å². The number of nitrogens with two attached hydrogens (primary N) is 1. The van der Waals surface area contributed by atoms with Gasteiger partial charge in [-0.3, -0.25) is 4.99 Å². The Hall–Kier alpha value is -0.630. The van der Waals surface area contributed by atoms with E-state index in [1.54, 1.807) is 12.4 Å². The zero-order valence-corrected chi connectivity index (χ0v) is 4.26. The molecule has 2 heteroatoms. The molecule has 0 fully saturated rings. The quantitative estimate of drug-likeness (QED) is 0.463. The van der Waals surface area contributed by atoms with Crippen LogP contribution in [0.3, 0.4) is 0 Å². The Morgan fingerprint density at radius 2 is 2.43 bits per heavy atom. The summed E-state index contributed by atoms with van der Waals surface area (Å²) >= 11 is 0. The molecule has 1 aliphatic heterocycles. The summed E-state index contributed by atoms with van der Waals surface area (Å²) in [5.74, 6) is 0. The maximum Gasteiger partial charge on any atom is 0.0688 e. The molecule has 0 aromatic heterocycles. The molecular formula is C5H8N2. The van der Waals surface area contributed by atoms with Gasteiger partial charge < -0.3 is 5.73 Å². The molecular weight excluding hydrogens is 88.1 g/mol. The third kappa shape index (κ3) is 0.871. The molecule has 0 saturated carbocycles. The van der Waals surface area contributed by atoms with E-state index in [-0.39, 0.29) is 5.54 Å². The van der Waals surface area contributed by atoms with Crippen molar-refractivity contribution in [3.05, 3.63) is 12.3 Å². The summed E-state index contributed by atoms with van der Waals surface area (Å²) in [6, 6.07) is 0. The van der Waals surface area contributed by atoms with Crippen LogP contribution in [0.25, 0.3) is 0 Å². The van der Waals surface area contributed by atoms with Crippen LogP contribution in [0.2, 0.25) is 0 Å². The summed E-state index contributed by atoms with van der Waals surface area (Å²) in [4.78, 5) is 3.81. The summed E-state index contributed by atoms with van der Waals surface area (Å²) in [6.07, 6.45) is 5.28. The SMILES string of the molecule is C[C@]1(N)C=CN=C1. The molecule has 0 spiro atoms. The highest BCUT2D eigenvalue weighted by molar-refractivity contribution is 5.75. The van der Waals surface area contributed by atoms with Gasteiger partial charge in [0.15, 0.2) is 0 Å². The second-order valence-electron chi connectivity index (χ2n) is 1.96. The molecule has 0 unspecified atom stereocenters. The Balaban J connectivity index is 2.77. The molecule has 0 saturated heterocycles. The molecule has 0 radical (unpaired) electrons. The smallest absolute Gasteiger partial charge is 0.0688 e. The van der Waals surface area contributed by atoms with Gasteiger partial charge in [0.05, 0.1) is 5.54 Å². The predicted molar refractivity (Wildman–Crippen MR) is 30.2 cm³/mol. The fourth-order valence-corrected chi connectivity index (χ4v) is 0.450. The van der Waals surface area contributed by atoms with Crippen molar-refractivity contribution < 1.29 is 0 Å². The van der Waals surface area contributed by atoms with Crippen LogP contribution in [0.4, 0.5) is 0 Å².